The number of nitrogens with zero attached hydrogens (tertiary/aromatic N) is 13. The molecule has 13 rings (SSSR count). The van der Waals surface area contributed by atoms with E-state index in [1.807, 2.05) is 162 Å². The Morgan fingerprint density at radius 3 is 1.27 bits per heavy atom. The highest BCUT2D eigenvalue weighted by Gasteiger charge is 2.52. The van der Waals surface area contributed by atoms with Gasteiger partial charge in [0.25, 0.3) is 0 Å². The maximum atomic E-state index is 12.8. The van der Waals surface area contributed by atoms with Gasteiger partial charge in [-0.15, -0.1) is 0 Å². The van der Waals surface area contributed by atoms with Gasteiger partial charge < -0.3 is 57.9 Å². The van der Waals surface area contributed by atoms with Crippen LogP contribution in [0.3, 0.4) is 0 Å². The lowest BCUT2D eigenvalue weighted by Crippen LogP contribution is -2.41. The quantitative estimate of drug-likeness (QED) is 0.00791. The molecule has 7 aromatic heterocycles. The van der Waals surface area contributed by atoms with E-state index >= 15 is 0 Å². The second kappa shape index (κ2) is 48.4. The van der Waals surface area contributed by atoms with Crippen LogP contribution in [0, 0.1) is 13.8 Å². The number of alkyl halides is 6. The van der Waals surface area contributed by atoms with Gasteiger partial charge in [0.05, 0.1) is 47.4 Å². The minimum atomic E-state index is -4.48. The number of carbonyl (C=O) groups excluding carboxylic acids is 1. The molecule has 656 valence electrons. The summed E-state index contributed by atoms with van der Waals surface area (Å²) in [6.45, 7) is 25.6. The van der Waals surface area contributed by atoms with E-state index in [4.69, 9.17) is 105 Å². The number of hydrazine groups is 2. The van der Waals surface area contributed by atoms with E-state index in [1.54, 1.807) is 36.4 Å². The monoisotopic (exact) mass is 2010 g/mol. The molecule has 0 aliphatic carbocycles. The third kappa shape index (κ3) is 36.2. The Balaban J connectivity index is 0.000000250. The van der Waals surface area contributed by atoms with Crippen LogP contribution in [-0.4, -0.2) is 124 Å². The number of nitrogens with two attached hydrogens (primary N) is 6. The highest BCUT2D eigenvalue weighted by molar-refractivity contribution is 9.11. The zero-order valence-electron chi connectivity index (χ0n) is 68.9. The number of benzene rings is 5. The number of nitrogen functional groups attached to an aromatic ring is 6. The van der Waals surface area contributed by atoms with Crippen LogP contribution in [0.5, 0.6) is 0 Å². The Kier molecular flexibility index (Phi) is 40.8. The number of anilines is 7. The number of carbonyl (C=O) groups is 1. The van der Waals surface area contributed by atoms with Gasteiger partial charge in [0.15, 0.2) is 25.8 Å². The lowest BCUT2D eigenvalue weighted by atomic mass is 9.79. The first-order valence-corrected chi connectivity index (χ1v) is 47.3. The van der Waals surface area contributed by atoms with Crippen molar-refractivity contribution in [1.82, 2.24) is 65.2 Å². The Morgan fingerprint density at radius 2 is 0.887 bits per heavy atom. The maximum absolute atomic E-state index is 12.8. The predicted octanol–water partition coefficient (Wildman–Crippen LogP) is 17.8. The van der Waals surface area contributed by atoms with Crippen LogP contribution in [0.15, 0.2) is 212 Å². The number of halogens is 13. The molecule has 28 nitrogen and oxygen atoms in total. The third-order valence-corrected chi connectivity index (χ3v) is 20.8. The lowest BCUT2D eigenvalue weighted by molar-refractivity contribution is -0.142. The number of nitrogens with one attached hydrogen (secondary N) is 3. The van der Waals surface area contributed by atoms with Crippen LogP contribution >= 0.6 is 94.2 Å². The van der Waals surface area contributed by atoms with Crippen molar-refractivity contribution < 1.29 is 54.9 Å². The summed E-state index contributed by atoms with van der Waals surface area (Å²) in [5.41, 5.74) is 40.0. The minimum absolute atomic E-state index is 0.0903. The highest BCUT2D eigenvalue weighted by atomic mass is 79.9. The molecule has 1 aliphatic rings. The van der Waals surface area contributed by atoms with Crippen LogP contribution in [0.1, 0.15) is 57.4 Å². The average Bonchev–Trinajstić information content (AvgIpc) is 1.61. The van der Waals surface area contributed by atoms with Crippen LogP contribution in [-0.2, 0) is 30.9 Å². The zero-order chi connectivity index (χ0) is 92.7. The van der Waals surface area contributed by atoms with Crippen molar-refractivity contribution >= 4 is 190 Å². The maximum Gasteiger partial charge on any atom is 0.494 e. The van der Waals surface area contributed by atoms with Gasteiger partial charge in [-0.3, -0.25) is 20.3 Å². The summed E-state index contributed by atoms with van der Waals surface area (Å²) < 4.78 is 97.9. The number of amides is 1. The molecule has 45 heteroatoms. The van der Waals surface area contributed by atoms with Crippen LogP contribution in [0.2, 0.25) is 59.9 Å². The molecule has 1 aliphatic heterocycles. The summed E-state index contributed by atoms with van der Waals surface area (Å²) in [6.07, 6.45) is -8.30. The molecule has 0 bridgehead atoms. The molecule has 1 saturated heterocycles. The topological polar surface area (TPSA) is 444 Å². The minimum Gasteiger partial charge on any atom is -0.535 e. The first-order valence-electron chi connectivity index (χ1n) is 36.5. The Morgan fingerprint density at radius 1 is 0.500 bits per heavy atom. The molecule has 5 aromatic carbocycles. The van der Waals surface area contributed by atoms with E-state index in [0.717, 1.165) is 46.0 Å². The van der Waals surface area contributed by atoms with Crippen molar-refractivity contribution in [2.45, 2.75) is 111 Å². The van der Waals surface area contributed by atoms with E-state index in [9.17, 15) is 31.1 Å². The van der Waals surface area contributed by atoms with Crippen molar-refractivity contribution in [3.8, 4) is 45.0 Å². The summed E-state index contributed by atoms with van der Waals surface area (Å²) in [6, 6.07) is 56.6. The predicted molar refractivity (Wildman–Crippen MR) is 499 cm³/mol. The number of aromatic nitrogens is 12. The average molecular weight is 2020 g/mol. The summed E-state index contributed by atoms with van der Waals surface area (Å²) in [5, 5.41) is 18.4. The fourth-order valence-electron chi connectivity index (χ4n) is 9.82. The van der Waals surface area contributed by atoms with Gasteiger partial charge in [0, 0.05) is 52.7 Å². The fourth-order valence-corrected chi connectivity index (χ4v) is 14.1. The molecule has 8 heterocycles. The molecule has 0 spiro atoms. The summed E-state index contributed by atoms with van der Waals surface area (Å²) >= 11 is 32.6. The van der Waals surface area contributed by atoms with Crippen LogP contribution in [0.25, 0.3) is 45.0 Å². The molecular formula is C79H89B2Br3Cl4F6N22O6Si2. The van der Waals surface area contributed by atoms with Gasteiger partial charge in [-0.2, -0.15) is 36.3 Å². The highest BCUT2D eigenvalue weighted by Crippen LogP contribution is 2.39. The van der Waals surface area contributed by atoms with Crippen molar-refractivity contribution in [2.24, 2.45) is 10.5 Å². The van der Waals surface area contributed by atoms with Crippen molar-refractivity contribution in [3.63, 3.8) is 0 Å². The molecule has 0 saturated carbocycles. The second-order valence-corrected chi connectivity index (χ2v) is 41.4. The Hall–Kier alpha value is -10.1. The number of rotatable bonds is 12. The van der Waals surface area contributed by atoms with E-state index < -0.39 is 65.7 Å². The molecule has 0 radical (unpaired) electrons. The van der Waals surface area contributed by atoms with Gasteiger partial charge in [-0.25, -0.2) is 55.7 Å². The number of pyridine rings is 2. The molecule has 124 heavy (non-hydrogen) atoms. The second-order valence-electron chi connectivity index (χ2n) is 28.5. The molecule has 1 amide bonds. The number of hydrogen-bond donors (Lipinski definition) is 11. The number of hydrogen-bond acceptors (Lipinski definition) is 27. The van der Waals surface area contributed by atoms with Gasteiger partial charge in [-0.1, -0.05) is 204 Å². The van der Waals surface area contributed by atoms with Gasteiger partial charge in [-0.05, 0) is 164 Å². The largest absolute Gasteiger partial charge is 0.535 e. The molecule has 0 atom stereocenters. The molecule has 1 fully saturated rings. The first kappa shape index (κ1) is 104. The summed E-state index contributed by atoms with van der Waals surface area (Å²) in [7, 11) is -4.92. The van der Waals surface area contributed by atoms with Gasteiger partial charge >= 0.3 is 26.6 Å². The first-order chi connectivity index (χ1) is 57.9. The standard InChI is InChI=1S/C13H17BF3NO2.C11H10BrN5O.C10H7BrClN3.C10H10BrN5.C10H8ClN3.C8H21NOSi2.C7H6F3N.C6H7BO2.C4H3Cl2N3/c1-8-6-9(7-10(18-8)13(15,16)17)14-19-11(2,3)12(4,5)20-14;12-8-9(7-4-2-1-3-5-7)15-11(13)16-10(8)17-14-6-18;11-7-8(6-4-2-1-3-5-6)14-10(13)15-9(7)12;11-7-8(6-4-2-1-3-5-6)14-10(12)15-9(7)16-13;11-9-6-8(13-10(12)14-9)7-4-2-1-3-5-7;1-8(9-11(2,3)4)10-12(5,6)7;1-5-3-2-4-6(11-5)7(8,9)10;8-7(9)6-4-2-1-3-5-6;5-2-1-3(6)9-4(7)8-2/h6-7H,1-5H3;1-6H,(H,14,18)(H3,13,15,16,17);1-5H,(H2,13,14,15);1-5H,13H2,(H3,12,14,15,16);1-6H,(H2,12,13,14);1-7H3;2-4H,1H3;1-5,8-9H;1H,(H2,7,8,9). The third-order valence-electron chi connectivity index (χ3n) is 15.6. The smallest absolute Gasteiger partial charge is 0.494 e. The van der Waals surface area contributed by atoms with E-state index in [-0.39, 0.29) is 45.7 Å². The number of aryl methyl sites for hydroxylation is 2. The van der Waals surface area contributed by atoms with Gasteiger partial charge in [0.2, 0.25) is 44.5 Å². The molecule has 0 unspecified atom stereocenters. The molecule has 12 aromatic rings. The zero-order valence-corrected chi connectivity index (χ0v) is 78.7. The Bertz CT molecular complexity index is 5360. The van der Waals surface area contributed by atoms with E-state index in [1.165, 1.54) is 32.0 Å². The molecular weight excluding hydrogens is 1930 g/mol. The van der Waals surface area contributed by atoms with Crippen molar-refractivity contribution in [3.05, 3.63) is 251 Å². The SMILES string of the molecule is CC(=N[Si](C)(C)C)O[Si](C)(C)C.Cc1cc(B2OC(C)(C)C(C)(C)O2)cc(C(F)(F)F)n1.Cc1cccc(C(F)(F)F)n1.NNc1nc(N)nc(-c2ccccc2)c1Br.Nc1nc(Cl)c(Br)c(-c2ccccc2)n1.Nc1nc(Cl)cc(-c2ccccc2)n1.Nc1nc(Cl)cc(Cl)n1.Nc1nc(NNC=O)c(Br)c(-c2ccccc2)n1.OB(O)c1ccccc1. The lowest BCUT2D eigenvalue weighted by Gasteiger charge is -2.32. The van der Waals surface area contributed by atoms with Crippen molar-refractivity contribution in [2.75, 3.05) is 39.5 Å². The Labute approximate surface area is 761 Å². The normalized spacial score (nSPS) is 12.4. The van der Waals surface area contributed by atoms with Crippen molar-refractivity contribution in [1.29, 1.82) is 0 Å². The summed E-state index contributed by atoms with van der Waals surface area (Å²) in [4.78, 5) is 56.4. The fraction of sp³-hybridized carbons (Fsp3) is 0.215. The summed E-state index contributed by atoms with van der Waals surface area (Å²) in [5.74, 6) is 7.83. The van der Waals surface area contributed by atoms with Gasteiger partial charge in [0.1, 0.15) is 32.0 Å². The van der Waals surface area contributed by atoms with Crippen LogP contribution < -0.4 is 61.7 Å². The van der Waals surface area contributed by atoms with E-state index in [2.05, 4.69) is 168 Å². The van der Waals surface area contributed by atoms with Crippen LogP contribution in [0.4, 0.5) is 67.7 Å². The molecule has 17 N–H and O–H groups in total. The van der Waals surface area contributed by atoms with E-state index in [0.29, 0.717) is 75.5 Å².